The molecule has 0 saturated carbocycles. The summed E-state index contributed by atoms with van der Waals surface area (Å²) >= 11 is 7.49. The molecule has 180 valence electrons. The van der Waals surface area contributed by atoms with Crippen LogP contribution in [0.15, 0.2) is 76.5 Å². The summed E-state index contributed by atoms with van der Waals surface area (Å²) < 4.78 is 37.7. The fourth-order valence-electron chi connectivity index (χ4n) is 3.06. The number of anilines is 1. The van der Waals surface area contributed by atoms with Crippen molar-refractivity contribution in [2.24, 2.45) is 0 Å². The Hall–Kier alpha value is -2.88. The fraction of sp³-hybridized carbons (Fsp3) is 0.208. The number of carbonyl (C=O) groups excluding carboxylic acids is 1. The van der Waals surface area contributed by atoms with Gasteiger partial charge in [0.25, 0.3) is 15.9 Å². The molecule has 0 radical (unpaired) electrons. The predicted octanol–water partition coefficient (Wildman–Crippen LogP) is 4.70. The molecule has 0 aliphatic rings. The second kappa shape index (κ2) is 11.5. The van der Waals surface area contributed by atoms with Crippen molar-refractivity contribution in [2.75, 3.05) is 37.9 Å². The van der Waals surface area contributed by atoms with Crippen molar-refractivity contribution in [3.8, 4) is 11.5 Å². The van der Waals surface area contributed by atoms with Crippen LogP contribution in [-0.2, 0) is 10.0 Å². The van der Waals surface area contributed by atoms with Crippen LogP contribution in [0.5, 0.6) is 11.5 Å². The molecule has 0 bridgehead atoms. The summed E-state index contributed by atoms with van der Waals surface area (Å²) in [7, 11) is 0.533. The SMILES string of the molecule is COc1ccc(S(=O)(=O)N(C)c2ccc(C(=O)NCCSc3ccc(Cl)cc3)cc2)cc1OC. The van der Waals surface area contributed by atoms with Crippen LogP contribution < -0.4 is 19.1 Å². The van der Waals surface area contributed by atoms with Crippen molar-refractivity contribution in [1.82, 2.24) is 5.32 Å². The summed E-state index contributed by atoms with van der Waals surface area (Å²) in [4.78, 5) is 13.6. The number of nitrogens with zero attached hydrogens (tertiary/aromatic N) is 1. The maximum Gasteiger partial charge on any atom is 0.264 e. The minimum Gasteiger partial charge on any atom is -0.493 e. The van der Waals surface area contributed by atoms with Gasteiger partial charge in [-0.2, -0.15) is 0 Å². The van der Waals surface area contributed by atoms with Gasteiger partial charge in [-0.3, -0.25) is 9.10 Å². The third kappa shape index (κ3) is 6.16. The second-order valence-electron chi connectivity index (χ2n) is 7.09. The number of halogens is 1. The lowest BCUT2D eigenvalue weighted by Gasteiger charge is -2.20. The van der Waals surface area contributed by atoms with Gasteiger partial charge in [0.1, 0.15) is 0 Å². The van der Waals surface area contributed by atoms with Crippen LogP contribution in [0.1, 0.15) is 10.4 Å². The van der Waals surface area contributed by atoms with Crippen LogP contribution in [0.4, 0.5) is 5.69 Å². The molecular formula is C24H25ClN2O5S2. The van der Waals surface area contributed by atoms with E-state index in [1.54, 1.807) is 36.0 Å². The van der Waals surface area contributed by atoms with E-state index in [1.165, 1.54) is 39.5 Å². The standard InChI is InChI=1S/C24H25ClN2O5S2/c1-27(34(29,30)21-12-13-22(31-2)23(16-21)32-3)19-8-4-17(5-9-19)24(28)26-14-15-33-20-10-6-18(25)7-11-20/h4-13,16H,14-15H2,1-3H3,(H,26,28). The number of carbonyl (C=O) groups is 1. The molecule has 0 aliphatic carbocycles. The zero-order chi connectivity index (χ0) is 24.7. The van der Waals surface area contributed by atoms with Crippen LogP contribution in [-0.4, -0.2) is 47.9 Å². The summed E-state index contributed by atoms with van der Waals surface area (Å²) in [6.45, 7) is 0.488. The average molecular weight is 521 g/mol. The molecule has 0 fully saturated rings. The number of thioether (sulfide) groups is 1. The van der Waals surface area contributed by atoms with Crippen molar-refractivity contribution in [1.29, 1.82) is 0 Å². The molecule has 0 aromatic heterocycles. The molecule has 3 rings (SSSR count). The normalized spacial score (nSPS) is 11.1. The molecule has 0 heterocycles. The molecule has 0 aliphatic heterocycles. The first-order valence-corrected chi connectivity index (χ1v) is 13.0. The van der Waals surface area contributed by atoms with Gasteiger partial charge >= 0.3 is 0 Å². The van der Waals surface area contributed by atoms with E-state index < -0.39 is 10.0 Å². The number of benzene rings is 3. The van der Waals surface area contributed by atoms with Crippen molar-refractivity contribution in [2.45, 2.75) is 9.79 Å². The predicted molar refractivity (Wildman–Crippen MR) is 136 cm³/mol. The highest BCUT2D eigenvalue weighted by Gasteiger charge is 2.23. The second-order valence-corrected chi connectivity index (χ2v) is 10.7. The van der Waals surface area contributed by atoms with Crippen molar-refractivity contribution >= 4 is 45.0 Å². The van der Waals surface area contributed by atoms with Crippen LogP contribution in [0.2, 0.25) is 5.02 Å². The van der Waals surface area contributed by atoms with Crippen molar-refractivity contribution < 1.29 is 22.7 Å². The van der Waals surface area contributed by atoms with Crippen LogP contribution in [0.25, 0.3) is 0 Å². The molecule has 0 unspecified atom stereocenters. The Balaban J connectivity index is 1.61. The number of hydrogen-bond acceptors (Lipinski definition) is 6. The van der Waals surface area contributed by atoms with Crippen molar-refractivity contribution in [3.63, 3.8) is 0 Å². The Morgan fingerprint density at radius 2 is 1.62 bits per heavy atom. The minimum absolute atomic E-state index is 0.0626. The Bertz CT molecular complexity index is 1230. The number of methoxy groups -OCH3 is 2. The van der Waals surface area contributed by atoms with E-state index in [0.717, 1.165) is 9.20 Å². The monoisotopic (exact) mass is 520 g/mol. The number of sulfonamides is 1. The van der Waals surface area contributed by atoms with Crippen molar-refractivity contribution in [3.05, 3.63) is 77.3 Å². The topological polar surface area (TPSA) is 84.9 Å². The molecule has 10 heteroatoms. The Morgan fingerprint density at radius 1 is 0.971 bits per heavy atom. The maximum absolute atomic E-state index is 13.1. The minimum atomic E-state index is -3.84. The summed E-state index contributed by atoms with van der Waals surface area (Å²) in [5, 5.41) is 3.55. The van der Waals surface area contributed by atoms with E-state index in [4.69, 9.17) is 21.1 Å². The summed E-state index contributed by atoms with van der Waals surface area (Å²) in [6, 6.07) is 18.3. The lowest BCUT2D eigenvalue weighted by atomic mass is 10.2. The first kappa shape index (κ1) is 25.7. The molecule has 3 aromatic carbocycles. The lowest BCUT2D eigenvalue weighted by molar-refractivity contribution is 0.0956. The zero-order valence-corrected chi connectivity index (χ0v) is 21.3. The van der Waals surface area contributed by atoms with E-state index in [2.05, 4.69) is 5.32 Å². The first-order chi connectivity index (χ1) is 16.3. The van der Waals surface area contributed by atoms with E-state index in [-0.39, 0.29) is 10.8 Å². The highest BCUT2D eigenvalue weighted by atomic mass is 35.5. The maximum atomic E-state index is 13.1. The Morgan fingerprint density at radius 3 is 2.24 bits per heavy atom. The van der Waals surface area contributed by atoms with E-state index >= 15 is 0 Å². The van der Waals surface area contributed by atoms with Gasteiger partial charge in [0.15, 0.2) is 11.5 Å². The number of hydrogen-bond donors (Lipinski definition) is 1. The quantitative estimate of drug-likeness (QED) is 0.308. The molecule has 34 heavy (non-hydrogen) atoms. The number of nitrogens with one attached hydrogen (secondary N) is 1. The molecule has 3 aromatic rings. The summed E-state index contributed by atoms with van der Waals surface area (Å²) in [5.74, 6) is 1.23. The van der Waals surface area contributed by atoms with Gasteiger partial charge < -0.3 is 14.8 Å². The van der Waals surface area contributed by atoms with Gasteiger partial charge in [-0.15, -0.1) is 11.8 Å². The molecule has 0 atom stereocenters. The third-order valence-corrected chi connectivity index (χ3v) is 8.02. The fourth-order valence-corrected chi connectivity index (χ4v) is 5.17. The van der Waals surface area contributed by atoms with E-state index in [9.17, 15) is 13.2 Å². The molecule has 0 saturated heterocycles. The largest absolute Gasteiger partial charge is 0.493 e. The first-order valence-electron chi connectivity index (χ1n) is 10.2. The van der Waals surface area contributed by atoms with E-state index in [0.29, 0.717) is 40.1 Å². The summed E-state index contributed by atoms with van der Waals surface area (Å²) in [6.07, 6.45) is 0. The highest BCUT2D eigenvalue weighted by molar-refractivity contribution is 7.99. The number of ether oxygens (including phenoxy) is 2. The van der Waals surface area contributed by atoms with Gasteiger partial charge in [-0.25, -0.2) is 8.42 Å². The van der Waals surface area contributed by atoms with Gasteiger partial charge in [-0.05, 0) is 60.7 Å². The third-order valence-electron chi connectivity index (χ3n) is 4.98. The highest BCUT2D eigenvalue weighted by Crippen LogP contribution is 2.31. The molecule has 7 nitrogen and oxygen atoms in total. The van der Waals surface area contributed by atoms with Gasteiger partial charge in [0.2, 0.25) is 0 Å². The Labute approximate surface area is 209 Å². The van der Waals surface area contributed by atoms with E-state index in [1.807, 2.05) is 24.3 Å². The summed E-state index contributed by atoms with van der Waals surface area (Å²) in [5.41, 5.74) is 0.863. The van der Waals surface area contributed by atoms with Crippen LogP contribution in [0, 0.1) is 0 Å². The zero-order valence-electron chi connectivity index (χ0n) is 18.9. The van der Waals surface area contributed by atoms with Gasteiger partial charge in [0, 0.05) is 40.9 Å². The molecule has 1 amide bonds. The Kier molecular flexibility index (Phi) is 8.71. The van der Waals surface area contributed by atoms with Gasteiger partial charge in [0.05, 0.1) is 24.8 Å². The molecule has 0 spiro atoms. The lowest BCUT2D eigenvalue weighted by Crippen LogP contribution is -2.27. The number of amides is 1. The van der Waals surface area contributed by atoms with Crippen LogP contribution in [0.3, 0.4) is 0 Å². The van der Waals surface area contributed by atoms with Crippen LogP contribution >= 0.6 is 23.4 Å². The van der Waals surface area contributed by atoms with Gasteiger partial charge in [-0.1, -0.05) is 11.6 Å². The molecule has 1 N–H and O–H groups in total. The number of rotatable bonds is 10. The molecular weight excluding hydrogens is 496 g/mol. The smallest absolute Gasteiger partial charge is 0.264 e. The average Bonchev–Trinajstić information content (AvgIpc) is 2.86.